The summed E-state index contributed by atoms with van der Waals surface area (Å²) in [5, 5.41) is 0.677. The van der Waals surface area contributed by atoms with E-state index in [4.69, 9.17) is 16.3 Å². The number of halogens is 2. The number of rotatable bonds is 8. The van der Waals surface area contributed by atoms with Crippen molar-refractivity contribution in [2.45, 2.75) is 53.9 Å². The molecule has 0 aliphatic carbocycles. The minimum Gasteiger partial charge on any atom is -0.438 e. The zero-order valence-corrected chi connectivity index (χ0v) is 22.9. The number of Topliss-reactive ketones (excluding diaryl/α,β-unsaturated/α-hetero) is 2. The Balaban J connectivity index is 1.65. The molecule has 0 saturated carbocycles. The van der Waals surface area contributed by atoms with Gasteiger partial charge in [-0.3, -0.25) is 9.59 Å². The Labute approximate surface area is 227 Å². The number of nitrogens with zero attached hydrogens (tertiary/aromatic N) is 2. The van der Waals surface area contributed by atoms with Crippen molar-refractivity contribution in [3.8, 4) is 11.6 Å². The molecule has 0 aliphatic rings. The van der Waals surface area contributed by atoms with Gasteiger partial charge < -0.3 is 4.74 Å². The summed E-state index contributed by atoms with van der Waals surface area (Å²) in [7, 11) is 0. The molecule has 5 nitrogen and oxygen atoms in total. The van der Waals surface area contributed by atoms with E-state index in [9.17, 15) is 9.59 Å². The molecule has 38 heavy (non-hydrogen) atoms. The van der Waals surface area contributed by atoms with Crippen LogP contribution in [0.5, 0.6) is 11.6 Å². The third kappa shape index (κ3) is 6.08. The zero-order valence-electron chi connectivity index (χ0n) is 22.2. The highest BCUT2D eigenvalue weighted by atomic mass is 35.5. The summed E-state index contributed by atoms with van der Waals surface area (Å²) in [4.78, 5) is 34.8. The van der Waals surface area contributed by atoms with Crippen molar-refractivity contribution < 1.29 is 18.7 Å². The molecule has 0 bridgehead atoms. The second-order valence-electron chi connectivity index (χ2n) is 10.5. The predicted molar refractivity (Wildman–Crippen MR) is 148 cm³/mol. The van der Waals surface area contributed by atoms with Gasteiger partial charge in [0.2, 0.25) is 5.88 Å². The van der Waals surface area contributed by atoms with Crippen LogP contribution in [0, 0.1) is 25.1 Å². The fourth-order valence-electron chi connectivity index (χ4n) is 4.23. The maximum atomic E-state index is 15.5. The Morgan fingerprint density at radius 1 is 0.974 bits per heavy atom. The maximum absolute atomic E-state index is 15.5. The van der Waals surface area contributed by atoms with Gasteiger partial charge in [-0.15, -0.1) is 0 Å². The summed E-state index contributed by atoms with van der Waals surface area (Å²) < 4.78 is 21.6. The number of carbonyl (C=O) groups excluding carboxylic acids is 2. The van der Waals surface area contributed by atoms with E-state index in [1.807, 2.05) is 58.0 Å². The van der Waals surface area contributed by atoms with Crippen LogP contribution in [-0.2, 0) is 17.6 Å². The average molecular weight is 533 g/mol. The molecule has 3 aromatic carbocycles. The highest BCUT2D eigenvalue weighted by molar-refractivity contribution is 6.34. The van der Waals surface area contributed by atoms with Crippen LogP contribution in [0.15, 0.2) is 54.6 Å². The van der Waals surface area contributed by atoms with E-state index in [2.05, 4.69) is 9.97 Å². The predicted octanol–water partition coefficient (Wildman–Crippen LogP) is 7.80. The van der Waals surface area contributed by atoms with Gasteiger partial charge in [-0.05, 0) is 61.2 Å². The zero-order chi connectivity index (χ0) is 27.6. The Hall–Kier alpha value is -3.64. The lowest BCUT2D eigenvalue weighted by Gasteiger charge is -2.17. The molecule has 4 aromatic rings. The van der Waals surface area contributed by atoms with Crippen molar-refractivity contribution >= 4 is 34.1 Å². The quantitative estimate of drug-likeness (QED) is 0.216. The van der Waals surface area contributed by atoms with Crippen LogP contribution in [0.4, 0.5) is 4.39 Å². The summed E-state index contributed by atoms with van der Waals surface area (Å²) in [6, 6.07) is 16.1. The van der Waals surface area contributed by atoms with Crippen molar-refractivity contribution in [3.05, 3.63) is 93.5 Å². The number of aromatic nitrogens is 2. The van der Waals surface area contributed by atoms with Gasteiger partial charge in [0.05, 0.1) is 21.5 Å². The summed E-state index contributed by atoms with van der Waals surface area (Å²) in [6.45, 7) is 9.21. The summed E-state index contributed by atoms with van der Waals surface area (Å²) in [5.41, 5.74) is 1.81. The molecule has 1 heterocycles. The normalized spacial score (nSPS) is 11.6. The molecule has 1 aromatic heterocycles. The Kier molecular flexibility index (Phi) is 7.93. The average Bonchev–Trinajstić information content (AvgIpc) is 2.83. The summed E-state index contributed by atoms with van der Waals surface area (Å²) >= 11 is 6.30. The van der Waals surface area contributed by atoms with Gasteiger partial charge >= 0.3 is 0 Å². The molecule has 0 radical (unpaired) electrons. The minimum atomic E-state index is -0.682. The first-order valence-corrected chi connectivity index (χ1v) is 12.9. The lowest BCUT2D eigenvalue weighted by molar-refractivity contribution is -0.126. The van der Waals surface area contributed by atoms with Crippen molar-refractivity contribution in [2.24, 2.45) is 5.41 Å². The van der Waals surface area contributed by atoms with E-state index in [0.717, 1.165) is 5.56 Å². The van der Waals surface area contributed by atoms with E-state index in [1.165, 1.54) is 12.1 Å². The second kappa shape index (κ2) is 11.0. The monoisotopic (exact) mass is 532 g/mol. The first-order chi connectivity index (χ1) is 17.9. The van der Waals surface area contributed by atoms with Gasteiger partial charge in [0, 0.05) is 18.3 Å². The van der Waals surface area contributed by atoms with E-state index >= 15 is 4.39 Å². The lowest BCUT2D eigenvalue weighted by Crippen LogP contribution is -2.20. The van der Waals surface area contributed by atoms with Crippen molar-refractivity contribution in [1.29, 1.82) is 0 Å². The molecular weight excluding hydrogens is 503 g/mol. The van der Waals surface area contributed by atoms with Gasteiger partial charge in [0.15, 0.2) is 5.78 Å². The van der Waals surface area contributed by atoms with E-state index in [0.29, 0.717) is 39.5 Å². The number of para-hydroxylation sites is 1. The molecule has 0 atom stereocenters. The molecule has 0 fully saturated rings. The van der Waals surface area contributed by atoms with Crippen LogP contribution in [0.2, 0.25) is 5.02 Å². The third-order valence-electron chi connectivity index (χ3n) is 6.35. The van der Waals surface area contributed by atoms with Crippen LogP contribution < -0.4 is 4.74 Å². The van der Waals surface area contributed by atoms with Gasteiger partial charge in [-0.25, -0.2) is 9.37 Å². The first kappa shape index (κ1) is 27.4. The fourth-order valence-corrected chi connectivity index (χ4v) is 4.48. The molecule has 0 unspecified atom stereocenters. The van der Waals surface area contributed by atoms with Gasteiger partial charge in [0.25, 0.3) is 0 Å². The lowest BCUT2D eigenvalue weighted by atomic mass is 9.87. The molecule has 0 N–H and O–H groups in total. The molecule has 7 heteroatoms. The number of ketones is 2. The van der Waals surface area contributed by atoms with E-state index in [-0.39, 0.29) is 35.6 Å². The van der Waals surface area contributed by atoms with Crippen LogP contribution in [-0.4, -0.2) is 21.5 Å². The number of hydrogen-bond donors (Lipinski definition) is 0. The molecule has 0 amide bonds. The highest BCUT2D eigenvalue weighted by Crippen LogP contribution is 2.31. The van der Waals surface area contributed by atoms with Crippen molar-refractivity contribution in [1.82, 2.24) is 9.97 Å². The standard InChI is InChI=1S/C31H30ClFN2O3/c1-18-8-6-10-22(16-18)38-30-23-11-7-9-21(29(23)34-19(2)35-30)17-25(36)27-24(32)14-12-20(28(27)33)13-15-26(37)31(3,4)5/h6-12,14,16H,13,15,17H2,1-5H3. The highest BCUT2D eigenvalue weighted by Gasteiger charge is 2.24. The number of fused-ring (bicyclic) bond motifs is 1. The first-order valence-electron chi connectivity index (χ1n) is 12.5. The second-order valence-corrected chi connectivity index (χ2v) is 10.9. The fraction of sp³-hybridized carbons (Fsp3) is 0.290. The van der Waals surface area contributed by atoms with Crippen LogP contribution in [0.1, 0.15) is 60.1 Å². The number of benzene rings is 3. The van der Waals surface area contributed by atoms with Gasteiger partial charge in [0.1, 0.15) is 23.2 Å². The number of carbonyl (C=O) groups is 2. The van der Waals surface area contributed by atoms with E-state index < -0.39 is 17.0 Å². The Morgan fingerprint density at radius 3 is 2.42 bits per heavy atom. The smallest absolute Gasteiger partial charge is 0.230 e. The number of hydrogen-bond acceptors (Lipinski definition) is 5. The Bertz CT molecular complexity index is 1540. The van der Waals surface area contributed by atoms with Crippen molar-refractivity contribution in [3.63, 3.8) is 0 Å². The van der Waals surface area contributed by atoms with Crippen molar-refractivity contribution in [2.75, 3.05) is 0 Å². The van der Waals surface area contributed by atoms with Gasteiger partial charge in [-0.1, -0.05) is 62.7 Å². The molecule has 0 saturated heterocycles. The van der Waals surface area contributed by atoms with Crippen LogP contribution >= 0.6 is 11.6 Å². The SMILES string of the molecule is Cc1cccc(Oc2nc(C)nc3c(CC(=O)c4c(Cl)ccc(CCC(=O)C(C)(C)C)c4F)cccc23)c1. The molecule has 4 rings (SSSR count). The molecular formula is C31H30ClFN2O3. The summed E-state index contributed by atoms with van der Waals surface area (Å²) in [5.74, 6) is 0.368. The van der Waals surface area contributed by atoms with Crippen LogP contribution in [0.25, 0.3) is 10.9 Å². The molecule has 0 spiro atoms. The third-order valence-corrected chi connectivity index (χ3v) is 6.66. The molecule has 0 aliphatic heterocycles. The number of aryl methyl sites for hydroxylation is 3. The maximum Gasteiger partial charge on any atom is 0.230 e. The minimum absolute atomic E-state index is 0.0224. The number of ether oxygens (including phenoxy) is 1. The van der Waals surface area contributed by atoms with E-state index in [1.54, 1.807) is 19.1 Å². The topological polar surface area (TPSA) is 69.2 Å². The van der Waals surface area contributed by atoms with Gasteiger partial charge in [-0.2, -0.15) is 4.98 Å². The largest absolute Gasteiger partial charge is 0.438 e. The summed E-state index contributed by atoms with van der Waals surface area (Å²) in [6.07, 6.45) is 0.261. The molecule has 196 valence electrons. The van der Waals surface area contributed by atoms with Crippen LogP contribution in [0.3, 0.4) is 0 Å². The Morgan fingerprint density at radius 2 is 1.71 bits per heavy atom.